The van der Waals surface area contributed by atoms with Crippen LogP contribution in [0.4, 0.5) is 10.1 Å². The van der Waals surface area contributed by atoms with Gasteiger partial charge < -0.3 is 10.6 Å². The summed E-state index contributed by atoms with van der Waals surface area (Å²) in [6, 6.07) is 14.3. The molecule has 1 atom stereocenters. The largest absolute Gasteiger partial charge is 0.350 e. The lowest BCUT2D eigenvalue weighted by Gasteiger charge is -2.21. The monoisotopic (exact) mass is 340 g/mol. The molecule has 3 rings (SSSR count). The normalized spacial score (nSPS) is 16.6. The van der Waals surface area contributed by atoms with Crippen LogP contribution in [0.15, 0.2) is 59.6 Å². The van der Waals surface area contributed by atoms with Gasteiger partial charge in [0.25, 0.3) is 0 Å². The van der Waals surface area contributed by atoms with Crippen LogP contribution in [-0.4, -0.2) is 23.8 Å². The first-order valence-electron chi connectivity index (χ1n) is 7.82. The smallest absolute Gasteiger partial charge is 0.245 e. The van der Waals surface area contributed by atoms with E-state index in [9.17, 15) is 14.0 Å². The lowest BCUT2D eigenvalue weighted by atomic mass is 10.1. The highest BCUT2D eigenvalue weighted by atomic mass is 19.1. The van der Waals surface area contributed by atoms with Gasteiger partial charge in [0.15, 0.2) is 0 Å². The van der Waals surface area contributed by atoms with Crippen molar-refractivity contribution in [3.05, 3.63) is 66.0 Å². The second kappa shape index (κ2) is 7.57. The number of carbonyl (C=O) groups excluding carboxylic acids is 2. The van der Waals surface area contributed by atoms with Crippen molar-refractivity contribution in [1.29, 1.82) is 0 Å². The maximum absolute atomic E-state index is 12.9. The molecule has 1 aliphatic rings. The summed E-state index contributed by atoms with van der Waals surface area (Å²) in [5.74, 6) is -0.822. The highest BCUT2D eigenvalue weighted by Gasteiger charge is 2.26. The predicted molar refractivity (Wildman–Crippen MR) is 92.3 cm³/mol. The van der Waals surface area contributed by atoms with Crippen molar-refractivity contribution in [2.24, 2.45) is 4.99 Å². The molecule has 6 nitrogen and oxygen atoms in total. The number of benzene rings is 2. The van der Waals surface area contributed by atoms with Crippen LogP contribution in [0.25, 0.3) is 0 Å². The SMILES string of the molecule is O=C1C[C@@H](C(=O)NCc2ccccc2)N=C(Nc2ccc(F)cc2)N1. The number of hydrogen-bond acceptors (Lipinski definition) is 4. The van der Waals surface area contributed by atoms with Crippen LogP contribution >= 0.6 is 0 Å². The van der Waals surface area contributed by atoms with E-state index in [0.717, 1.165) is 5.56 Å². The first-order chi connectivity index (χ1) is 12.1. The molecule has 0 radical (unpaired) electrons. The zero-order valence-corrected chi connectivity index (χ0v) is 13.3. The summed E-state index contributed by atoms with van der Waals surface area (Å²) in [5.41, 5.74) is 1.52. The van der Waals surface area contributed by atoms with E-state index in [1.165, 1.54) is 24.3 Å². The van der Waals surface area contributed by atoms with Crippen LogP contribution in [-0.2, 0) is 16.1 Å². The minimum absolute atomic E-state index is 0.0186. The molecular formula is C18H17FN4O2. The lowest BCUT2D eigenvalue weighted by Crippen LogP contribution is -2.47. The van der Waals surface area contributed by atoms with Gasteiger partial charge in [0.2, 0.25) is 17.8 Å². The summed E-state index contributed by atoms with van der Waals surface area (Å²) in [4.78, 5) is 28.3. The summed E-state index contributed by atoms with van der Waals surface area (Å²) in [6.07, 6.45) is -0.0186. The Morgan fingerprint density at radius 1 is 1.16 bits per heavy atom. The summed E-state index contributed by atoms with van der Waals surface area (Å²) in [6.45, 7) is 0.369. The minimum Gasteiger partial charge on any atom is -0.350 e. The molecule has 0 fully saturated rings. The number of aliphatic imine (C=N–C) groups is 1. The Balaban J connectivity index is 1.64. The Hall–Kier alpha value is -3.22. The summed E-state index contributed by atoms with van der Waals surface area (Å²) in [7, 11) is 0. The zero-order valence-electron chi connectivity index (χ0n) is 13.3. The average Bonchev–Trinajstić information content (AvgIpc) is 2.62. The third-order valence-electron chi connectivity index (χ3n) is 3.64. The molecule has 2 aromatic carbocycles. The van der Waals surface area contributed by atoms with Crippen LogP contribution in [0.3, 0.4) is 0 Å². The van der Waals surface area contributed by atoms with E-state index < -0.39 is 6.04 Å². The Morgan fingerprint density at radius 3 is 2.60 bits per heavy atom. The van der Waals surface area contributed by atoms with Gasteiger partial charge in [-0.3, -0.25) is 14.9 Å². The van der Waals surface area contributed by atoms with Crippen molar-refractivity contribution in [2.75, 3.05) is 5.32 Å². The Labute approximate surface area is 144 Å². The first-order valence-corrected chi connectivity index (χ1v) is 7.82. The van der Waals surface area contributed by atoms with Crippen molar-refractivity contribution >= 4 is 23.5 Å². The summed E-state index contributed by atoms with van der Waals surface area (Å²) < 4.78 is 12.9. The van der Waals surface area contributed by atoms with Crippen molar-refractivity contribution < 1.29 is 14.0 Å². The number of rotatable bonds is 4. The Bertz CT molecular complexity index is 790. The molecule has 0 aromatic heterocycles. The third kappa shape index (κ3) is 4.63. The maximum Gasteiger partial charge on any atom is 0.245 e. The Kier molecular flexibility index (Phi) is 5.03. The Morgan fingerprint density at radius 2 is 1.88 bits per heavy atom. The van der Waals surface area contributed by atoms with Gasteiger partial charge in [-0.2, -0.15) is 0 Å². The van der Waals surface area contributed by atoms with Crippen molar-refractivity contribution in [3.8, 4) is 0 Å². The van der Waals surface area contributed by atoms with Crippen LogP contribution in [0.1, 0.15) is 12.0 Å². The fourth-order valence-electron chi connectivity index (χ4n) is 2.38. The third-order valence-corrected chi connectivity index (χ3v) is 3.64. The van der Waals surface area contributed by atoms with E-state index >= 15 is 0 Å². The minimum atomic E-state index is -0.805. The number of anilines is 1. The highest BCUT2D eigenvalue weighted by molar-refractivity contribution is 6.08. The van der Waals surface area contributed by atoms with Crippen molar-refractivity contribution in [2.45, 2.75) is 19.0 Å². The fourth-order valence-corrected chi connectivity index (χ4v) is 2.38. The van der Waals surface area contributed by atoms with E-state index in [1.54, 1.807) is 0 Å². The predicted octanol–water partition coefficient (Wildman–Crippen LogP) is 1.80. The molecule has 7 heteroatoms. The van der Waals surface area contributed by atoms with Gasteiger partial charge in [-0.15, -0.1) is 0 Å². The van der Waals surface area contributed by atoms with Crippen LogP contribution in [0, 0.1) is 5.82 Å². The molecule has 128 valence electrons. The molecule has 0 aliphatic carbocycles. The quantitative estimate of drug-likeness (QED) is 0.794. The molecule has 2 amide bonds. The van der Waals surface area contributed by atoms with E-state index in [1.807, 2.05) is 30.3 Å². The van der Waals surface area contributed by atoms with E-state index in [-0.39, 0.29) is 30.0 Å². The molecule has 2 aromatic rings. The number of hydrogen-bond donors (Lipinski definition) is 3. The van der Waals surface area contributed by atoms with Gasteiger partial charge >= 0.3 is 0 Å². The van der Waals surface area contributed by atoms with Gasteiger partial charge in [-0.25, -0.2) is 9.38 Å². The average molecular weight is 340 g/mol. The fraction of sp³-hybridized carbons (Fsp3) is 0.167. The molecule has 1 heterocycles. The van der Waals surface area contributed by atoms with E-state index in [4.69, 9.17) is 0 Å². The molecule has 0 unspecified atom stereocenters. The first kappa shape index (κ1) is 16.6. The number of nitrogens with zero attached hydrogens (tertiary/aromatic N) is 1. The number of nitrogens with one attached hydrogen (secondary N) is 3. The molecule has 3 N–H and O–H groups in total. The number of amides is 2. The van der Waals surface area contributed by atoms with Crippen LogP contribution < -0.4 is 16.0 Å². The summed E-state index contributed by atoms with van der Waals surface area (Å²) in [5, 5.41) is 8.21. The van der Waals surface area contributed by atoms with E-state index in [0.29, 0.717) is 12.2 Å². The molecule has 0 bridgehead atoms. The number of guanidine groups is 1. The highest BCUT2D eigenvalue weighted by Crippen LogP contribution is 2.11. The summed E-state index contributed by atoms with van der Waals surface area (Å²) >= 11 is 0. The van der Waals surface area contributed by atoms with Gasteiger partial charge in [-0.1, -0.05) is 30.3 Å². The zero-order chi connectivity index (χ0) is 17.6. The van der Waals surface area contributed by atoms with Gasteiger partial charge in [0.1, 0.15) is 11.9 Å². The molecule has 0 saturated carbocycles. The molecule has 1 aliphatic heterocycles. The maximum atomic E-state index is 12.9. The lowest BCUT2D eigenvalue weighted by molar-refractivity contribution is -0.127. The molecular weight excluding hydrogens is 323 g/mol. The van der Waals surface area contributed by atoms with E-state index in [2.05, 4.69) is 20.9 Å². The standard InChI is InChI=1S/C18H17FN4O2/c19-13-6-8-14(9-7-13)21-18-22-15(10-16(24)23-18)17(25)20-11-12-4-2-1-3-5-12/h1-9,15H,10-11H2,(H,20,25)(H2,21,22,23,24)/t15-/m0/s1. The molecule has 0 spiro atoms. The topological polar surface area (TPSA) is 82.6 Å². The van der Waals surface area contributed by atoms with Crippen molar-refractivity contribution in [1.82, 2.24) is 10.6 Å². The second-order valence-electron chi connectivity index (χ2n) is 5.58. The van der Waals surface area contributed by atoms with Crippen molar-refractivity contribution in [3.63, 3.8) is 0 Å². The second-order valence-corrected chi connectivity index (χ2v) is 5.58. The molecule has 0 saturated heterocycles. The van der Waals surface area contributed by atoms with Gasteiger partial charge in [0, 0.05) is 12.2 Å². The number of carbonyl (C=O) groups is 2. The molecule has 25 heavy (non-hydrogen) atoms. The van der Waals surface area contributed by atoms with Crippen LogP contribution in [0.2, 0.25) is 0 Å². The number of halogens is 1. The van der Waals surface area contributed by atoms with Gasteiger partial charge in [-0.05, 0) is 29.8 Å². The van der Waals surface area contributed by atoms with Gasteiger partial charge in [0.05, 0.1) is 6.42 Å². The van der Waals surface area contributed by atoms with Crippen LogP contribution in [0.5, 0.6) is 0 Å².